The summed E-state index contributed by atoms with van der Waals surface area (Å²) < 4.78 is 15.8. The van der Waals surface area contributed by atoms with Crippen molar-refractivity contribution in [1.29, 1.82) is 0 Å². The minimum Gasteiger partial charge on any atom is -0.484 e. The van der Waals surface area contributed by atoms with Gasteiger partial charge in [0.05, 0.1) is 6.54 Å². The third kappa shape index (κ3) is 4.63. The molecule has 0 fully saturated rings. The van der Waals surface area contributed by atoms with Crippen molar-refractivity contribution in [2.45, 2.75) is 6.92 Å². The van der Waals surface area contributed by atoms with Crippen molar-refractivity contribution in [1.82, 2.24) is 5.32 Å². The molecule has 1 heterocycles. The van der Waals surface area contributed by atoms with Gasteiger partial charge in [-0.05, 0) is 31.2 Å². The molecule has 0 radical (unpaired) electrons. The Kier molecular flexibility index (Phi) is 5.03. The van der Waals surface area contributed by atoms with Gasteiger partial charge in [0.1, 0.15) is 5.75 Å². The molecule has 2 aromatic carbocycles. The minimum absolute atomic E-state index is 0.148. The molecule has 0 saturated heterocycles. The summed E-state index contributed by atoms with van der Waals surface area (Å²) in [5.41, 5.74) is 1.68. The van der Waals surface area contributed by atoms with E-state index in [0.29, 0.717) is 22.9 Å². The maximum atomic E-state index is 11.9. The van der Waals surface area contributed by atoms with Gasteiger partial charge in [0, 0.05) is 11.8 Å². The quantitative estimate of drug-likeness (QED) is 0.837. The first-order valence-electron chi connectivity index (χ1n) is 7.76. The monoisotopic (exact) mass is 342 g/mol. The fourth-order valence-corrected chi connectivity index (χ4v) is 2.19. The largest absolute Gasteiger partial charge is 0.484 e. The number of carbonyl (C=O) groups is 2. The number of fused-ring (bicyclic) bond motifs is 1. The van der Waals surface area contributed by atoms with Crippen molar-refractivity contribution < 1.29 is 23.8 Å². The van der Waals surface area contributed by atoms with Gasteiger partial charge >= 0.3 is 0 Å². The summed E-state index contributed by atoms with van der Waals surface area (Å²) in [5.74, 6) is 1.10. The molecule has 130 valence electrons. The van der Waals surface area contributed by atoms with Crippen molar-refractivity contribution in [2.75, 3.05) is 25.3 Å². The first-order chi connectivity index (χ1) is 12.1. The number of hydrogen-bond acceptors (Lipinski definition) is 5. The topological polar surface area (TPSA) is 85.9 Å². The Bertz CT molecular complexity index is 774. The molecule has 2 amide bonds. The van der Waals surface area contributed by atoms with E-state index in [1.807, 2.05) is 19.1 Å². The van der Waals surface area contributed by atoms with Gasteiger partial charge in [-0.2, -0.15) is 0 Å². The SMILES string of the molecule is Cc1ccc(OCC(=O)NCC(=O)Nc2ccc3c(c2)OCO3)cc1. The number of benzene rings is 2. The van der Waals surface area contributed by atoms with Gasteiger partial charge in [0.2, 0.25) is 12.7 Å². The Morgan fingerprint density at radius 3 is 2.60 bits per heavy atom. The number of hydrogen-bond donors (Lipinski definition) is 2. The first kappa shape index (κ1) is 16.6. The van der Waals surface area contributed by atoms with Crippen LogP contribution in [0.1, 0.15) is 5.56 Å². The highest BCUT2D eigenvalue weighted by Crippen LogP contribution is 2.34. The number of amides is 2. The molecule has 0 atom stereocenters. The second kappa shape index (κ2) is 7.57. The van der Waals surface area contributed by atoms with E-state index >= 15 is 0 Å². The molecule has 7 nitrogen and oxygen atoms in total. The summed E-state index contributed by atoms with van der Waals surface area (Å²) in [6.07, 6.45) is 0. The molecule has 2 aromatic rings. The van der Waals surface area contributed by atoms with Gasteiger partial charge < -0.3 is 24.8 Å². The lowest BCUT2D eigenvalue weighted by Crippen LogP contribution is -2.35. The molecular formula is C18H18N2O5. The molecule has 0 aliphatic carbocycles. The van der Waals surface area contributed by atoms with Crippen LogP contribution in [0.15, 0.2) is 42.5 Å². The van der Waals surface area contributed by atoms with Gasteiger partial charge in [-0.1, -0.05) is 17.7 Å². The number of ether oxygens (including phenoxy) is 3. The Balaban J connectivity index is 1.41. The normalized spacial score (nSPS) is 11.7. The van der Waals surface area contributed by atoms with E-state index < -0.39 is 0 Å². The van der Waals surface area contributed by atoms with E-state index in [9.17, 15) is 9.59 Å². The number of anilines is 1. The van der Waals surface area contributed by atoms with Crippen molar-refractivity contribution in [2.24, 2.45) is 0 Å². The van der Waals surface area contributed by atoms with Crippen molar-refractivity contribution in [3.8, 4) is 17.2 Å². The summed E-state index contributed by atoms with van der Waals surface area (Å²) in [5, 5.41) is 5.18. The average Bonchev–Trinajstić information content (AvgIpc) is 3.07. The molecule has 25 heavy (non-hydrogen) atoms. The number of carbonyl (C=O) groups excluding carboxylic acids is 2. The predicted octanol–water partition coefficient (Wildman–Crippen LogP) is 1.86. The third-order valence-electron chi connectivity index (χ3n) is 3.49. The molecule has 0 spiro atoms. The Labute approximate surface area is 144 Å². The van der Waals surface area contributed by atoms with E-state index in [-0.39, 0.29) is 31.8 Å². The highest BCUT2D eigenvalue weighted by molar-refractivity contribution is 5.95. The molecule has 3 rings (SSSR count). The van der Waals surface area contributed by atoms with Crippen LogP contribution in [-0.4, -0.2) is 31.8 Å². The molecule has 0 saturated carbocycles. The maximum absolute atomic E-state index is 11.9. The fraction of sp³-hybridized carbons (Fsp3) is 0.222. The lowest BCUT2D eigenvalue weighted by molar-refractivity contribution is -0.125. The molecule has 1 aliphatic rings. The Morgan fingerprint density at radius 2 is 1.80 bits per heavy atom. The highest BCUT2D eigenvalue weighted by atomic mass is 16.7. The number of nitrogens with one attached hydrogen (secondary N) is 2. The zero-order valence-electron chi connectivity index (χ0n) is 13.7. The third-order valence-corrected chi connectivity index (χ3v) is 3.49. The molecule has 0 aromatic heterocycles. The summed E-state index contributed by atoms with van der Waals surface area (Å²) in [6.45, 7) is 1.84. The van der Waals surface area contributed by atoms with Crippen LogP contribution in [0.3, 0.4) is 0 Å². The number of rotatable bonds is 6. The van der Waals surface area contributed by atoms with Crippen LogP contribution in [0.25, 0.3) is 0 Å². The Morgan fingerprint density at radius 1 is 1.04 bits per heavy atom. The van der Waals surface area contributed by atoms with Crippen LogP contribution in [-0.2, 0) is 9.59 Å². The maximum Gasteiger partial charge on any atom is 0.258 e. The van der Waals surface area contributed by atoms with Crippen LogP contribution < -0.4 is 24.8 Å². The fourth-order valence-electron chi connectivity index (χ4n) is 2.19. The molecule has 2 N–H and O–H groups in total. The average molecular weight is 342 g/mol. The first-order valence-corrected chi connectivity index (χ1v) is 7.76. The summed E-state index contributed by atoms with van der Waals surface area (Å²) in [4.78, 5) is 23.6. The van der Waals surface area contributed by atoms with Gasteiger partial charge in [0.15, 0.2) is 18.1 Å². The van der Waals surface area contributed by atoms with Crippen LogP contribution in [0.2, 0.25) is 0 Å². The van der Waals surface area contributed by atoms with Gasteiger partial charge in [-0.25, -0.2) is 0 Å². The van der Waals surface area contributed by atoms with Crippen molar-refractivity contribution in [3.05, 3.63) is 48.0 Å². The van der Waals surface area contributed by atoms with Crippen LogP contribution in [0.5, 0.6) is 17.2 Å². The molecule has 1 aliphatic heterocycles. The van der Waals surface area contributed by atoms with E-state index in [1.54, 1.807) is 30.3 Å². The second-order valence-corrected chi connectivity index (χ2v) is 5.49. The van der Waals surface area contributed by atoms with Crippen LogP contribution in [0.4, 0.5) is 5.69 Å². The zero-order chi connectivity index (χ0) is 17.6. The molecule has 0 bridgehead atoms. The van der Waals surface area contributed by atoms with Gasteiger partial charge in [0.25, 0.3) is 5.91 Å². The molecule has 7 heteroatoms. The van der Waals surface area contributed by atoms with E-state index in [2.05, 4.69) is 10.6 Å². The predicted molar refractivity (Wildman–Crippen MR) is 90.9 cm³/mol. The smallest absolute Gasteiger partial charge is 0.258 e. The van der Waals surface area contributed by atoms with Crippen molar-refractivity contribution >= 4 is 17.5 Å². The highest BCUT2D eigenvalue weighted by Gasteiger charge is 2.14. The lowest BCUT2D eigenvalue weighted by Gasteiger charge is -2.09. The lowest BCUT2D eigenvalue weighted by atomic mass is 10.2. The van der Waals surface area contributed by atoms with Crippen molar-refractivity contribution in [3.63, 3.8) is 0 Å². The second-order valence-electron chi connectivity index (χ2n) is 5.49. The summed E-state index contributed by atoms with van der Waals surface area (Å²) in [6, 6.07) is 12.4. The standard InChI is InChI=1S/C18H18N2O5/c1-12-2-5-14(6-3-12)23-10-18(22)19-9-17(21)20-13-4-7-15-16(8-13)25-11-24-15/h2-8H,9-11H2,1H3,(H,19,22)(H,20,21). The summed E-state index contributed by atoms with van der Waals surface area (Å²) in [7, 11) is 0. The molecular weight excluding hydrogens is 324 g/mol. The Hall–Kier alpha value is -3.22. The number of aryl methyl sites for hydroxylation is 1. The van der Waals surface area contributed by atoms with Gasteiger partial charge in [-0.15, -0.1) is 0 Å². The van der Waals surface area contributed by atoms with E-state index in [0.717, 1.165) is 5.56 Å². The van der Waals surface area contributed by atoms with Crippen LogP contribution >= 0.6 is 0 Å². The van der Waals surface area contributed by atoms with E-state index in [1.165, 1.54) is 0 Å². The minimum atomic E-state index is -0.374. The van der Waals surface area contributed by atoms with E-state index in [4.69, 9.17) is 14.2 Å². The summed E-state index contributed by atoms with van der Waals surface area (Å²) >= 11 is 0. The molecule has 0 unspecified atom stereocenters. The van der Waals surface area contributed by atoms with Gasteiger partial charge in [-0.3, -0.25) is 9.59 Å². The van der Waals surface area contributed by atoms with Crippen LogP contribution in [0, 0.1) is 6.92 Å². The zero-order valence-corrected chi connectivity index (χ0v) is 13.7.